The largest absolute Gasteiger partial charge is 0.0625 e. The summed E-state index contributed by atoms with van der Waals surface area (Å²) in [6, 6.07) is 9.12. The molecular weight excluding hydrogens is 192 g/mol. The quantitative estimate of drug-likeness (QED) is 0.672. The molecule has 0 nitrogen and oxygen atoms in total. The molecule has 1 aliphatic rings. The molecule has 0 saturated heterocycles. The Balaban J connectivity index is 2.17. The van der Waals surface area contributed by atoms with E-state index in [0.717, 1.165) is 11.8 Å². The number of benzene rings is 1. The molecule has 1 fully saturated rings. The van der Waals surface area contributed by atoms with Crippen LogP contribution < -0.4 is 0 Å². The number of hydrogen-bond donors (Lipinski definition) is 0. The first kappa shape index (κ1) is 11.7. The van der Waals surface area contributed by atoms with E-state index in [1.54, 1.807) is 11.1 Å². The van der Waals surface area contributed by atoms with Crippen LogP contribution in [0.2, 0.25) is 0 Å². The van der Waals surface area contributed by atoms with Gasteiger partial charge in [-0.05, 0) is 42.2 Å². The molecule has 2 rings (SSSR count). The van der Waals surface area contributed by atoms with Crippen LogP contribution in [0, 0.1) is 5.92 Å². The second kappa shape index (κ2) is 5.52. The highest BCUT2D eigenvalue weighted by molar-refractivity contribution is 5.31. The van der Waals surface area contributed by atoms with Gasteiger partial charge in [0.1, 0.15) is 0 Å². The monoisotopic (exact) mass is 216 g/mol. The van der Waals surface area contributed by atoms with E-state index in [0.29, 0.717) is 0 Å². The molecule has 1 aliphatic carbocycles. The van der Waals surface area contributed by atoms with Crippen LogP contribution in [0.1, 0.15) is 63.0 Å². The first-order chi connectivity index (χ1) is 7.77. The van der Waals surface area contributed by atoms with Crippen molar-refractivity contribution in [2.45, 2.75) is 58.3 Å². The minimum atomic E-state index is 0.768. The van der Waals surface area contributed by atoms with E-state index in [1.165, 1.54) is 38.5 Å². The molecule has 16 heavy (non-hydrogen) atoms. The highest BCUT2D eigenvalue weighted by Gasteiger charge is 2.18. The molecule has 88 valence electrons. The summed E-state index contributed by atoms with van der Waals surface area (Å²) < 4.78 is 0. The van der Waals surface area contributed by atoms with Gasteiger partial charge in [0.15, 0.2) is 0 Å². The number of rotatable bonds is 3. The molecule has 0 unspecified atom stereocenters. The van der Waals surface area contributed by atoms with Gasteiger partial charge in [0, 0.05) is 0 Å². The molecule has 0 radical (unpaired) electrons. The molecule has 0 atom stereocenters. The Hall–Kier alpha value is -0.780. The van der Waals surface area contributed by atoms with E-state index in [2.05, 4.69) is 38.1 Å². The van der Waals surface area contributed by atoms with Crippen LogP contribution in [0.3, 0.4) is 0 Å². The molecule has 0 aliphatic heterocycles. The van der Waals surface area contributed by atoms with E-state index in [4.69, 9.17) is 0 Å². The molecule has 1 aromatic rings. The van der Waals surface area contributed by atoms with Crippen LogP contribution in [-0.2, 0) is 6.42 Å². The molecule has 1 saturated carbocycles. The third kappa shape index (κ3) is 2.87. The van der Waals surface area contributed by atoms with Crippen molar-refractivity contribution in [3.8, 4) is 0 Å². The van der Waals surface area contributed by atoms with E-state index in [-0.39, 0.29) is 0 Å². The van der Waals surface area contributed by atoms with Gasteiger partial charge in [-0.15, -0.1) is 0 Å². The van der Waals surface area contributed by atoms with Crippen molar-refractivity contribution in [1.29, 1.82) is 0 Å². The van der Waals surface area contributed by atoms with Crippen molar-refractivity contribution in [3.63, 3.8) is 0 Å². The van der Waals surface area contributed by atoms with Crippen LogP contribution in [0.5, 0.6) is 0 Å². The smallest absolute Gasteiger partial charge is 0.0159 e. The normalized spacial score (nSPS) is 17.9. The first-order valence-electron chi connectivity index (χ1n) is 6.85. The van der Waals surface area contributed by atoms with E-state index in [9.17, 15) is 0 Å². The van der Waals surface area contributed by atoms with Crippen LogP contribution >= 0.6 is 0 Å². The van der Waals surface area contributed by atoms with Crippen molar-refractivity contribution >= 4 is 0 Å². The predicted octanol–water partition coefficient (Wildman–Crippen LogP) is 4.93. The molecule has 0 spiro atoms. The van der Waals surface area contributed by atoms with Crippen LogP contribution in [0.25, 0.3) is 0 Å². The maximum absolute atomic E-state index is 2.37. The van der Waals surface area contributed by atoms with Gasteiger partial charge in [0.25, 0.3) is 0 Å². The topological polar surface area (TPSA) is 0 Å². The zero-order chi connectivity index (χ0) is 11.4. The summed E-state index contributed by atoms with van der Waals surface area (Å²) in [6.07, 6.45) is 8.38. The molecule has 0 N–H and O–H groups in total. The van der Waals surface area contributed by atoms with Crippen molar-refractivity contribution in [3.05, 3.63) is 35.4 Å². The summed E-state index contributed by atoms with van der Waals surface area (Å²) in [5, 5.41) is 0. The van der Waals surface area contributed by atoms with Crippen LogP contribution in [0.15, 0.2) is 24.3 Å². The first-order valence-corrected chi connectivity index (χ1v) is 6.85. The molecule has 0 amide bonds. The lowest BCUT2D eigenvalue weighted by atomic mass is 9.81. The zero-order valence-corrected chi connectivity index (χ0v) is 10.7. The van der Waals surface area contributed by atoms with Gasteiger partial charge < -0.3 is 0 Å². The Kier molecular flexibility index (Phi) is 4.04. The van der Waals surface area contributed by atoms with Gasteiger partial charge in [0.05, 0.1) is 0 Å². The van der Waals surface area contributed by atoms with Gasteiger partial charge in [-0.25, -0.2) is 0 Å². The minimum Gasteiger partial charge on any atom is -0.0625 e. The van der Waals surface area contributed by atoms with Crippen molar-refractivity contribution in [2.24, 2.45) is 5.92 Å². The third-order valence-electron chi connectivity index (χ3n) is 3.73. The summed E-state index contributed by atoms with van der Waals surface area (Å²) in [4.78, 5) is 0. The average molecular weight is 216 g/mol. The van der Waals surface area contributed by atoms with E-state index >= 15 is 0 Å². The highest BCUT2D eigenvalue weighted by atomic mass is 14.2. The standard InChI is InChI=1S/C16H24/c1-13(2)12-15-10-6-7-11-16(15)14-8-4-3-5-9-14/h6-7,10-11,13-14H,3-5,8-9,12H2,1-2H3. The Morgan fingerprint density at radius 2 is 1.75 bits per heavy atom. The summed E-state index contributed by atoms with van der Waals surface area (Å²) >= 11 is 0. The van der Waals surface area contributed by atoms with E-state index < -0.39 is 0 Å². The van der Waals surface area contributed by atoms with Gasteiger partial charge in [-0.2, -0.15) is 0 Å². The fourth-order valence-corrected chi connectivity index (χ4v) is 2.97. The lowest BCUT2D eigenvalue weighted by Gasteiger charge is -2.24. The summed E-state index contributed by atoms with van der Waals surface area (Å²) in [5.74, 6) is 1.62. The van der Waals surface area contributed by atoms with Gasteiger partial charge in [-0.3, -0.25) is 0 Å². The second-order valence-corrected chi connectivity index (χ2v) is 5.63. The maximum atomic E-state index is 2.37. The lowest BCUT2D eigenvalue weighted by Crippen LogP contribution is -2.08. The summed E-state index contributed by atoms with van der Waals surface area (Å²) in [6.45, 7) is 4.63. The minimum absolute atomic E-state index is 0.768. The molecule has 0 bridgehead atoms. The Morgan fingerprint density at radius 1 is 1.06 bits per heavy atom. The van der Waals surface area contributed by atoms with Crippen molar-refractivity contribution in [2.75, 3.05) is 0 Å². The maximum Gasteiger partial charge on any atom is -0.0159 e. The Morgan fingerprint density at radius 3 is 2.44 bits per heavy atom. The van der Waals surface area contributed by atoms with Crippen LogP contribution in [-0.4, -0.2) is 0 Å². The van der Waals surface area contributed by atoms with Gasteiger partial charge in [-0.1, -0.05) is 57.4 Å². The van der Waals surface area contributed by atoms with Gasteiger partial charge in [0.2, 0.25) is 0 Å². The fraction of sp³-hybridized carbons (Fsp3) is 0.625. The third-order valence-corrected chi connectivity index (χ3v) is 3.73. The molecule has 0 aromatic heterocycles. The SMILES string of the molecule is CC(C)Cc1ccccc1C1CCCCC1. The van der Waals surface area contributed by atoms with Crippen molar-refractivity contribution < 1.29 is 0 Å². The second-order valence-electron chi connectivity index (χ2n) is 5.63. The summed E-state index contributed by atoms with van der Waals surface area (Å²) in [7, 11) is 0. The molecule has 1 aromatic carbocycles. The average Bonchev–Trinajstić information content (AvgIpc) is 2.30. The van der Waals surface area contributed by atoms with Gasteiger partial charge >= 0.3 is 0 Å². The lowest BCUT2D eigenvalue weighted by molar-refractivity contribution is 0.440. The highest BCUT2D eigenvalue weighted by Crippen LogP contribution is 2.34. The molecule has 0 heteroatoms. The Labute approximate surface area is 100 Å². The Bertz CT molecular complexity index is 319. The van der Waals surface area contributed by atoms with E-state index in [1.807, 2.05) is 0 Å². The predicted molar refractivity (Wildman–Crippen MR) is 70.8 cm³/mol. The summed E-state index contributed by atoms with van der Waals surface area (Å²) in [5.41, 5.74) is 3.25. The zero-order valence-electron chi connectivity index (χ0n) is 10.7. The fourth-order valence-electron chi connectivity index (χ4n) is 2.97. The van der Waals surface area contributed by atoms with Crippen LogP contribution in [0.4, 0.5) is 0 Å². The number of hydrogen-bond acceptors (Lipinski definition) is 0. The molecule has 0 heterocycles. The molecular formula is C16H24. The van der Waals surface area contributed by atoms with Crippen molar-refractivity contribution in [1.82, 2.24) is 0 Å².